The number of hydrazone groups is 1. The summed E-state index contributed by atoms with van der Waals surface area (Å²) in [6.45, 7) is 0. The van der Waals surface area contributed by atoms with E-state index in [1.165, 1.54) is 34.6 Å². The first-order valence-electron chi connectivity index (χ1n) is 7.34. The minimum absolute atomic E-state index is 0.312. The van der Waals surface area contributed by atoms with Crippen LogP contribution in [0.4, 0.5) is 11.5 Å². The Morgan fingerprint density at radius 1 is 1.26 bits per heavy atom. The molecule has 1 N–H and O–H groups in total. The Labute approximate surface area is 158 Å². The molecule has 27 heavy (non-hydrogen) atoms. The molecule has 144 valence electrons. The quantitative estimate of drug-likeness (QED) is 0.425. The number of aromatic nitrogens is 2. The van der Waals surface area contributed by atoms with Gasteiger partial charge < -0.3 is 24.3 Å². The third kappa shape index (κ3) is 4.08. The fraction of sp³-hybridized carbons (Fsp3) is 0.267. The summed E-state index contributed by atoms with van der Waals surface area (Å²) in [5.74, 6) is 0.568. The second-order valence-corrected chi connectivity index (χ2v) is 5.41. The second kappa shape index (κ2) is 8.36. The van der Waals surface area contributed by atoms with Crippen LogP contribution in [-0.4, -0.2) is 42.2 Å². The van der Waals surface area contributed by atoms with Gasteiger partial charge in [0.25, 0.3) is 0 Å². The van der Waals surface area contributed by atoms with Gasteiger partial charge in [-0.2, -0.15) is 5.10 Å². The first-order chi connectivity index (χ1) is 12.8. The minimum Gasteiger partial charge on any atom is -0.493 e. The molecule has 0 bridgehead atoms. The normalized spacial score (nSPS) is 10.7. The first-order valence-corrected chi connectivity index (χ1v) is 7.72. The Hall–Kier alpha value is -3.34. The SMILES string of the molecule is COc1cc(/C=N\Nc2c([N+](=O)[O-])nn(C)c(=O)c2Cl)cc(OC)c1OC. The van der Waals surface area contributed by atoms with Gasteiger partial charge in [0.2, 0.25) is 5.75 Å². The molecular weight excluding hydrogens is 382 g/mol. The van der Waals surface area contributed by atoms with Crippen LogP contribution in [0.15, 0.2) is 22.0 Å². The zero-order valence-electron chi connectivity index (χ0n) is 14.8. The Morgan fingerprint density at radius 2 is 1.85 bits per heavy atom. The number of rotatable bonds is 7. The number of anilines is 1. The van der Waals surface area contributed by atoms with Crippen LogP contribution in [0.5, 0.6) is 17.2 Å². The van der Waals surface area contributed by atoms with E-state index in [4.69, 9.17) is 25.8 Å². The average molecular weight is 398 g/mol. The summed E-state index contributed by atoms with van der Waals surface area (Å²) in [5, 5.41) is 18.2. The molecule has 0 radical (unpaired) electrons. The molecule has 0 unspecified atom stereocenters. The molecule has 0 amide bonds. The van der Waals surface area contributed by atoms with Crippen molar-refractivity contribution >= 4 is 29.3 Å². The zero-order valence-corrected chi connectivity index (χ0v) is 15.6. The number of hydrogen-bond donors (Lipinski definition) is 1. The number of nitrogens with one attached hydrogen (secondary N) is 1. The van der Waals surface area contributed by atoms with Crippen molar-refractivity contribution in [1.29, 1.82) is 0 Å². The predicted octanol–water partition coefficient (Wildman–Crippen LogP) is 1.81. The zero-order chi connectivity index (χ0) is 20.1. The van der Waals surface area contributed by atoms with Crippen LogP contribution < -0.4 is 25.2 Å². The molecule has 0 aliphatic heterocycles. The molecule has 0 fully saturated rings. The summed E-state index contributed by atoms with van der Waals surface area (Å²) in [5.41, 5.74) is 1.91. The van der Waals surface area contributed by atoms with Gasteiger partial charge >= 0.3 is 11.4 Å². The number of nitrogens with zero attached hydrogens (tertiary/aromatic N) is 4. The molecule has 1 aromatic heterocycles. The van der Waals surface area contributed by atoms with Crippen LogP contribution in [0.2, 0.25) is 5.02 Å². The highest BCUT2D eigenvalue weighted by Crippen LogP contribution is 2.37. The van der Waals surface area contributed by atoms with Crippen molar-refractivity contribution in [2.24, 2.45) is 12.1 Å². The highest BCUT2D eigenvalue weighted by molar-refractivity contribution is 6.33. The monoisotopic (exact) mass is 397 g/mol. The number of aryl methyl sites for hydroxylation is 1. The molecule has 1 aromatic carbocycles. The summed E-state index contributed by atoms with van der Waals surface area (Å²) < 4.78 is 16.5. The lowest BCUT2D eigenvalue weighted by molar-refractivity contribution is -0.389. The number of hydrogen-bond acceptors (Lipinski definition) is 9. The fourth-order valence-corrected chi connectivity index (χ4v) is 2.41. The summed E-state index contributed by atoms with van der Waals surface area (Å²) in [6.07, 6.45) is 1.34. The Balaban J connectivity index is 2.40. The average Bonchev–Trinajstić information content (AvgIpc) is 2.66. The van der Waals surface area contributed by atoms with E-state index in [1.807, 2.05) is 0 Å². The Bertz CT molecular complexity index is 933. The van der Waals surface area contributed by atoms with E-state index >= 15 is 0 Å². The lowest BCUT2D eigenvalue weighted by Gasteiger charge is -2.12. The maximum Gasteiger partial charge on any atom is 0.415 e. The van der Waals surface area contributed by atoms with E-state index in [1.54, 1.807) is 12.1 Å². The van der Waals surface area contributed by atoms with E-state index < -0.39 is 21.3 Å². The molecule has 1 heterocycles. The van der Waals surface area contributed by atoms with E-state index in [-0.39, 0.29) is 5.69 Å². The summed E-state index contributed by atoms with van der Waals surface area (Å²) in [6, 6.07) is 3.23. The van der Waals surface area contributed by atoms with Crippen LogP contribution in [0, 0.1) is 10.1 Å². The molecule has 0 aliphatic carbocycles. The van der Waals surface area contributed by atoms with Gasteiger partial charge in [-0.15, -0.1) is 4.68 Å². The van der Waals surface area contributed by atoms with Crippen molar-refractivity contribution in [3.63, 3.8) is 0 Å². The Morgan fingerprint density at radius 3 is 2.33 bits per heavy atom. The number of benzene rings is 1. The first kappa shape index (κ1) is 20.0. The van der Waals surface area contributed by atoms with E-state index in [9.17, 15) is 14.9 Å². The van der Waals surface area contributed by atoms with Crippen molar-refractivity contribution in [3.8, 4) is 17.2 Å². The van der Waals surface area contributed by atoms with Gasteiger partial charge in [0.05, 0.1) is 39.7 Å². The van der Waals surface area contributed by atoms with Crippen LogP contribution in [0.25, 0.3) is 0 Å². The van der Waals surface area contributed by atoms with Crippen LogP contribution in [0.1, 0.15) is 5.56 Å². The van der Waals surface area contributed by atoms with Crippen LogP contribution >= 0.6 is 11.6 Å². The van der Waals surface area contributed by atoms with Crippen molar-refractivity contribution in [3.05, 3.63) is 43.2 Å². The Kier molecular flexibility index (Phi) is 6.19. The molecule has 0 spiro atoms. The molecule has 0 saturated carbocycles. The highest BCUT2D eigenvalue weighted by Gasteiger charge is 2.24. The smallest absolute Gasteiger partial charge is 0.415 e. The maximum atomic E-state index is 11.8. The number of ether oxygens (including phenoxy) is 3. The summed E-state index contributed by atoms with van der Waals surface area (Å²) in [4.78, 5) is 22.2. The summed E-state index contributed by atoms with van der Waals surface area (Å²) in [7, 11) is 5.65. The van der Waals surface area contributed by atoms with Gasteiger partial charge in [0.15, 0.2) is 17.2 Å². The van der Waals surface area contributed by atoms with Gasteiger partial charge in [-0.25, -0.2) is 0 Å². The third-order valence-corrected chi connectivity index (χ3v) is 3.77. The van der Waals surface area contributed by atoms with E-state index in [0.717, 1.165) is 4.68 Å². The van der Waals surface area contributed by atoms with Crippen LogP contribution in [-0.2, 0) is 7.05 Å². The lowest BCUT2D eigenvalue weighted by atomic mass is 10.2. The largest absolute Gasteiger partial charge is 0.493 e. The van der Waals surface area contributed by atoms with Crippen molar-refractivity contribution in [2.75, 3.05) is 26.8 Å². The lowest BCUT2D eigenvalue weighted by Crippen LogP contribution is -2.22. The van der Waals surface area contributed by atoms with Crippen molar-refractivity contribution in [1.82, 2.24) is 9.78 Å². The minimum atomic E-state index is -0.775. The predicted molar refractivity (Wildman–Crippen MR) is 98.5 cm³/mol. The molecule has 2 rings (SSSR count). The third-order valence-electron chi connectivity index (χ3n) is 3.42. The molecule has 11 nitrogen and oxygen atoms in total. The summed E-state index contributed by atoms with van der Waals surface area (Å²) >= 11 is 5.89. The molecule has 0 saturated heterocycles. The van der Waals surface area contributed by atoms with E-state index in [2.05, 4.69) is 15.6 Å². The van der Waals surface area contributed by atoms with Gasteiger partial charge in [0.1, 0.15) is 5.02 Å². The molecule has 12 heteroatoms. The maximum absolute atomic E-state index is 11.8. The number of halogens is 1. The number of methoxy groups -OCH3 is 3. The van der Waals surface area contributed by atoms with Crippen molar-refractivity contribution < 1.29 is 19.1 Å². The highest BCUT2D eigenvalue weighted by atomic mass is 35.5. The van der Waals surface area contributed by atoms with Crippen LogP contribution in [0.3, 0.4) is 0 Å². The van der Waals surface area contributed by atoms with Gasteiger partial charge in [0, 0.05) is 5.56 Å². The molecule has 2 aromatic rings. The standard InChI is InChI=1S/C15H16ClN5O6/c1-20-15(22)11(16)12(14(19-20)21(23)24)18-17-7-8-5-9(25-2)13(27-4)10(6-8)26-3/h5-7,18H,1-4H3/b17-7-. The van der Waals surface area contributed by atoms with Crippen molar-refractivity contribution in [2.45, 2.75) is 0 Å². The topological polar surface area (TPSA) is 130 Å². The second-order valence-electron chi connectivity index (χ2n) is 5.03. The fourth-order valence-electron chi connectivity index (χ4n) is 2.16. The molecular formula is C15H16ClN5O6. The van der Waals surface area contributed by atoms with Gasteiger partial charge in [-0.05, 0) is 17.1 Å². The molecule has 0 atom stereocenters. The van der Waals surface area contributed by atoms with E-state index in [0.29, 0.717) is 22.8 Å². The number of nitro groups is 1. The molecule has 0 aliphatic rings. The van der Waals surface area contributed by atoms with Gasteiger partial charge in [-0.3, -0.25) is 10.2 Å². The van der Waals surface area contributed by atoms with Gasteiger partial charge in [-0.1, -0.05) is 11.6 Å².